The van der Waals surface area contributed by atoms with Crippen molar-refractivity contribution in [2.24, 2.45) is 0 Å². The second-order valence-electron chi connectivity index (χ2n) is 5.85. The van der Waals surface area contributed by atoms with Crippen LogP contribution in [0, 0.1) is 15.9 Å². The van der Waals surface area contributed by atoms with Crippen molar-refractivity contribution in [3.8, 4) is 0 Å². The molecular weight excluding hydrogens is 305 g/mol. The molecule has 0 radical (unpaired) electrons. The fraction of sp³-hybridized carbons (Fsp3) is 0.533. The Labute approximate surface area is 132 Å². The highest BCUT2D eigenvalue weighted by Gasteiger charge is 2.34. The summed E-state index contributed by atoms with van der Waals surface area (Å²) in [6.07, 6.45) is 2.29. The first-order valence-corrected chi connectivity index (χ1v) is 7.66. The summed E-state index contributed by atoms with van der Waals surface area (Å²) in [4.78, 5) is 23.7. The standard InChI is InChI=1S/C15H18FN3O4/c16-12-9-11(19(21)22)1-2-13(12)17-10-3-6-18(7-4-10)14-5-8-23-15(14)20/h1-2,9-10,14,17H,3-8H2/t14-/m1/s1. The van der Waals surface area contributed by atoms with E-state index in [9.17, 15) is 19.3 Å². The van der Waals surface area contributed by atoms with E-state index in [4.69, 9.17) is 4.74 Å². The average molecular weight is 323 g/mol. The topological polar surface area (TPSA) is 84.7 Å². The monoisotopic (exact) mass is 323 g/mol. The molecule has 0 aliphatic carbocycles. The average Bonchev–Trinajstić information content (AvgIpc) is 2.96. The number of esters is 1. The van der Waals surface area contributed by atoms with E-state index in [1.54, 1.807) is 0 Å². The highest BCUT2D eigenvalue weighted by Crippen LogP contribution is 2.25. The van der Waals surface area contributed by atoms with Crippen molar-refractivity contribution in [3.63, 3.8) is 0 Å². The number of nitro groups is 1. The van der Waals surface area contributed by atoms with E-state index in [1.165, 1.54) is 12.1 Å². The molecule has 2 saturated heterocycles. The van der Waals surface area contributed by atoms with E-state index in [0.717, 1.165) is 38.4 Å². The number of likely N-dealkylation sites (tertiary alicyclic amines) is 1. The van der Waals surface area contributed by atoms with Crippen LogP contribution in [0.2, 0.25) is 0 Å². The number of ether oxygens (including phenoxy) is 1. The fourth-order valence-electron chi connectivity index (χ4n) is 3.13. The number of carbonyl (C=O) groups excluding carboxylic acids is 1. The Hall–Kier alpha value is -2.22. The molecule has 2 aliphatic rings. The molecule has 1 aromatic carbocycles. The van der Waals surface area contributed by atoms with Crippen molar-refractivity contribution in [2.75, 3.05) is 25.0 Å². The molecule has 3 rings (SSSR count). The van der Waals surface area contributed by atoms with Crippen LogP contribution in [-0.4, -0.2) is 47.6 Å². The molecule has 0 bridgehead atoms. The quantitative estimate of drug-likeness (QED) is 0.518. The zero-order valence-electron chi connectivity index (χ0n) is 12.5. The number of cyclic esters (lactones) is 1. The van der Waals surface area contributed by atoms with Gasteiger partial charge >= 0.3 is 5.97 Å². The van der Waals surface area contributed by atoms with Gasteiger partial charge in [-0.2, -0.15) is 0 Å². The molecule has 0 saturated carbocycles. The maximum absolute atomic E-state index is 13.9. The largest absolute Gasteiger partial charge is 0.464 e. The van der Waals surface area contributed by atoms with Crippen LogP contribution < -0.4 is 5.32 Å². The maximum Gasteiger partial charge on any atom is 0.323 e. The third-order valence-electron chi connectivity index (χ3n) is 4.40. The lowest BCUT2D eigenvalue weighted by Crippen LogP contribution is -2.46. The Kier molecular flexibility index (Phi) is 4.42. The zero-order valence-corrected chi connectivity index (χ0v) is 12.5. The van der Waals surface area contributed by atoms with Crippen molar-refractivity contribution >= 4 is 17.3 Å². The van der Waals surface area contributed by atoms with E-state index in [0.29, 0.717) is 6.61 Å². The number of hydrogen-bond acceptors (Lipinski definition) is 6. The summed E-state index contributed by atoms with van der Waals surface area (Å²) < 4.78 is 18.9. The van der Waals surface area contributed by atoms with Crippen LogP contribution >= 0.6 is 0 Å². The summed E-state index contributed by atoms with van der Waals surface area (Å²) in [5.41, 5.74) is 0.0111. The van der Waals surface area contributed by atoms with Gasteiger partial charge < -0.3 is 10.1 Å². The fourth-order valence-corrected chi connectivity index (χ4v) is 3.13. The molecule has 0 aromatic heterocycles. The number of carbonyl (C=O) groups is 1. The molecule has 8 heteroatoms. The van der Waals surface area contributed by atoms with E-state index < -0.39 is 10.7 Å². The van der Waals surface area contributed by atoms with Crippen LogP contribution in [0.1, 0.15) is 19.3 Å². The summed E-state index contributed by atoms with van der Waals surface area (Å²) in [5.74, 6) is -0.779. The van der Waals surface area contributed by atoms with Gasteiger partial charge in [0.15, 0.2) is 5.82 Å². The smallest absolute Gasteiger partial charge is 0.323 e. The van der Waals surface area contributed by atoms with Gasteiger partial charge in [0.1, 0.15) is 6.04 Å². The first kappa shape index (κ1) is 15.7. The minimum absolute atomic E-state index is 0.0830. The van der Waals surface area contributed by atoms with Gasteiger partial charge in [0.05, 0.1) is 23.3 Å². The predicted molar refractivity (Wildman–Crippen MR) is 80.6 cm³/mol. The molecule has 7 nitrogen and oxygen atoms in total. The highest BCUT2D eigenvalue weighted by molar-refractivity contribution is 5.77. The molecule has 0 amide bonds. The minimum atomic E-state index is -0.624. The summed E-state index contributed by atoms with van der Waals surface area (Å²) in [6.45, 7) is 1.97. The summed E-state index contributed by atoms with van der Waals surface area (Å²) in [7, 11) is 0. The van der Waals surface area contributed by atoms with Crippen LogP contribution in [0.4, 0.5) is 15.8 Å². The van der Waals surface area contributed by atoms with Gasteiger partial charge in [0.2, 0.25) is 0 Å². The van der Waals surface area contributed by atoms with Gasteiger partial charge in [0.25, 0.3) is 5.69 Å². The number of halogens is 1. The van der Waals surface area contributed by atoms with Gasteiger partial charge in [-0.05, 0) is 18.9 Å². The van der Waals surface area contributed by atoms with Crippen LogP contribution in [0.3, 0.4) is 0 Å². The Morgan fingerprint density at radius 1 is 1.30 bits per heavy atom. The molecule has 2 heterocycles. The first-order valence-electron chi connectivity index (χ1n) is 7.66. The highest BCUT2D eigenvalue weighted by atomic mass is 19.1. The molecule has 2 fully saturated rings. The molecule has 0 unspecified atom stereocenters. The lowest BCUT2D eigenvalue weighted by molar-refractivity contribution is -0.385. The van der Waals surface area contributed by atoms with E-state index in [1.807, 2.05) is 0 Å². The number of piperidine rings is 1. The van der Waals surface area contributed by atoms with Crippen LogP contribution in [0.5, 0.6) is 0 Å². The number of rotatable bonds is 4. The molecule has 0 spiro atoms. The lowest BCUT2D eigenvalue weighted by atomic mass is 10.0. The molecule has 1 N–H and O–H groups in total. The Balaban J connectivity index is 1.56. The third kappa shape index (κ3) is 3.42. The van der Waals surface area contributed by atoms with Gasteiger partial charge in [0, 0.05) is 31.6 Å². The molecular formula is C15H18FN3O4. The second kappa shape index (κ2) is 6.49. The van der Waals surface area contributed by atoms with Crippen LogP contribution in [0.25, 0.3) is 0 Å². The van der Waals surface area contributed by atoms with Crippen molar-refractivity contribution in [1.29, 1.82) is 0 Å². The SMILES string of the molecule is O=C1OCC[C@H]1N1CCC(Nc2ccc([N+](=O)[O-])cc2F)CC1. The molecule has 1 aromatic rings. The summed E-state index contributed by atoms with van der Waals surface area (Å²) >= 11 is 0. The lowest BCUT2D eigenvalue weighted by Gasteiger charge is -2.34. The van der Waals surface area contributed by atoms with E-state index in [-0.39, 0.29) is 29.4 Å². The second-order valence-corrected chi connectivity index (χ2v) is 5.85. The van der Waals surface area contributed by atoms with Gasteiger partial charge in [-0.3, -0.25) is 19.8 Å². The van der Waals surface area contributed by atoms with Crippen molar-refractivity contribution in [1.82, 2.24) is 4.90 Å². The summed E-state index contributed by atoms with van der Waals surface area (Å²) in [6, 6.07) is 3.54. The Bertz CT molecular complexity index is 617. The molecule has 1 atom stereocenters. The Morgan fingerprint density at radius 2 is 2.04 bits per heavy atom. The predicted octanol–water partition coefficient (Wildman–Crippen LogP) is 1.93. The summed E-state index contributed by atoms with van der Waals surface area (Å²) in [5, 5.41) is 13.7. The molecule has 2 aliphatic heterocycles. The number of nitrogens with one attached hydrogen (secondary N) is 1. The van der Waals surface area contributed by atoms with Crippen molar-refractivity contribution in [3.05, 3.63) is 34.1 Å². The zero-order chi connectivity index (χ0) is 16.4. The van der Waals surface area contributed by atoms with E-state index >= 15 is 0 Å². The number of nitrogens with zero attached hydrogens (tertiary/aromatic N) is 2. The number of benzene rings is 1. The van der Waals surface area contributed by atoms with Gasteiger partial charge in [-0.15, -0.1) is 0 Å². The molecule has 124 valence electrons. The van der Waals surface area contributed by atoms with Crippen molar-refractivity contribution in [2.45, 2.75) is 31.3 Å². The first-order chi connectivity index (χ1) is 11.0. The molecule has 23 heavy (non-hydrogen) atoms. The number of anilines is 1. The Morgan fingerprint density at radius 3 is 2.61 bits per heavy atom. The maximum atomic E-state index is 13.9. The van der Waals surface area contributed by atoms with Gasteiger partial charge in [-0.25, -0.2) is 4.39 Å². The number of hydrogen-bond donors (Lipinski definition) is 1. The third-order valence-corrected chi connectivity index (χ3v) is 4.40. The van der Waals surface area contributed by atoms with Gasteiger partial charge in [-0.1, -0.05) is 0 Å². The number of non-ortho nitro benzene ring substituents is 1. The van der Waals surface area contributed by atoms with E-state index in [2.05, 4.69) is 10.2 Å². The normalized spacial score (nSPS) is 22.8. The van der Waals surface area contributed by atoms with Crippen molar-refractivity contribution < 1.29 is 18.8 Å². The van der Waals surface area contributed by atoms with Crippen LogP contribution in [0.15, 0.2) is 18.2 Å². The number of nitro benzene ring substituents is 1. The van der Waals surface area contributed by atoms with Crippen LogP contribution in [-0.2, 0) is 9.53 Å². The minimum Gasteiger partial charge on any atom is -0.464 e.